The molecule has 1 aliphatic rings. The molecular weight excluding hydrogens is 563 g/mol. The van der Waals surface area contributed by atoms with Gasteiger partial charge < -0.3 is 20.1 Å². The van der Waals surface area contributed by atoms with Gasteiger partial charge in [-0.25, -0.2) is 13.9 Å². The molecule has 1 saturated heterocycles. The van der Waals surface area contributed by atoms with E-state index in [-0.39, 0.29) is 31.4 Å². The van der Waals surface area contributed by atoms with Gasteiger partial charge in [-0.3, -0.25) is 9.69 Å². The van der Waals surface area contributed by atoms with Gasteiger partial charge in [-0.15, -0.1) is 17.5 Å². The number of nitrogens with one attached hydrogen (secondary N) is 2. The smallest absolute Gasteiger partial charge is 0.414 e. The number of aromatic nitrogens is 3. The molecule has 0 radical (unpaired) electrons. The fourth-order valence-corrected chi connectivity index (χ4v) is 4.59. The number of methoxy groups -OCH3 is 1. The molecule has 220 valence electrons. The van der Waals surface area contributed by atoms with Crippen molar-refractivity contribution < 1.29 is 23.5 Å². The Labute approximate surface area is 249 Å². The van der Waals surface area contributed by atoms with Crippen LogP contribution in [0.2, 0.25) is 0 Å². The standard InChI is InChI=1S/C30H31FN6O4.ClH/c1-20(38)33-17-27-19-36(30(39)41-27)24-9-12-28(29(31)13-24)23-7-3-21(4-8-23)14-32-15-25-16-34-35-37(25)18-22-5-10-26(40-2)11-6-22;/h3-13,16,27,32H,14-15,17-19H2,1-2H3,(H,33,38);1H/t27-;/m0./s1. The number of halogens is 2. The zero-order chi connectivity index (χ0) is 28.8. The van der Waals surface area contributed by atoms with E-state index < -0.39 is 18.0 Å². The lowest BCUT2D eigenvalue weighted by Gasteiger charge is -2.15. The second-order valence-corrected chi connectivity index (χ2v) is 9.75. The van der Waals surface area contributed by atoms with Crippen molar-refractivity contribution in [1.29, 1.82) is 0 Å². The van der Waals surface area contributed by atoms with Gasteiger partial charge in [-0.2, -0.15) is 0 Å². The number of carbonyl (C=O) groups is 2. The lowest BCUT2D eigenvalue weighted by atomic mass is 10.0. The average molecular weight is 595 g/mol. The number of benzene rings is 3. The van der Waals surface area contributed by atoms with Crippen molar-refractivity contribution in [1.82, 2.24) is 25.6 Å². The summed E-state index contributed by atoms with van der Waals surface area (Å²) in [6.07, 6.45) is 0.696. The zero-order valence-electron chi connectivity index (χ0n) is 23.2. The third kappa shape index (κ3) is 7.42. The number of rotatable bonds is 11. The van der Waals surface area contributed by atoms with Crippen molar-refractivity contribution in [2.24, 2.45) is 0 Å². The van der Waals surface area contributed by atoms with Crippen LogP contribution in [0.5, 0.6) is 5.75 Å². The number of hydrogen-bond donors (Lipinski definition) is 2. The summed E-state index contributed by atoms with van der Waals surface area (Å²) in [5.74, 6) is 0.161. The van der Waals surface area contributed by atoms with Crippen LogP contribution in [0.1, 0.15) is 23.7 Å². The lowest BCUT2D eigenvalue weighted by Crippen LogP contribution is -2.33. The second-order valence-electron chi connectivity index (χ2n) is 9.75. The van der Waals surface area contributed by atoms with Gasteiger partial charge in [0.05, 0.1) is 44.3 Å². The summed E-state index contributed by atoms with van der Waals surface area (Å²) < 4.78 is 27.4. The molecular formula is C30H32ClFN6O4. The molecule has 0 unspecified atom stereocenters. The van der Waals surface area contributed by atoms with Gasteiger partial charge in [0, 0.05) is 25.6 Å². The topological polar surface area (TPSA) is 111 Å². The normalized spacial score (nSPS) is 14.3. The molecule has 4 aromatic rings. The highest BCUT2D eigenvalue weighted by atomic mass is 35.5. The third-order valence-electron chi connectivity index (χ3n) is 6.81. The fourth-order valence-electron chi connectivity index (χ4n) is 4.59. The van der Waals surface area contributed by atoms with Crippen LogP contribution in [0.15, 0.2) is 72.9 Å². The summed E-state index contributed by atoms with van der Waals surface area (Å²) in [5.41, 5.74) is 4.67. The predicted octanol–water partition coefficient (Wildman–Crippen LogP) is 4.31. The Bertz CT molecular complexity index is 1510. The van der Waals surface area contributed by atoms with Gasteiger partial charge in [-0.1, -0.05) is 41.6 Å². The number of nitrogens with zero attached hydrogens (tertiary/aromatic N) is 4. The number of hydrogen-bond acceptors (Lipinski definition) is 7. The first-order valence-corrected chi connectivity index (χ1v) is 13.2. The molecule has 10 nitrogen and oxygen atoms in total. The number of amides is 2. The van der Waals surface area contributed by atoms with Crippen LogP contribution in [-0.2, 0) is 29.2 Å². The van der Waals surface area contributed by atoms with E-state index >= 15 is 4.39 Å². The van der Waals surface area contributed by atoms with Crippen molar-refractivity contribution >= 4 is 30.1 Å². The van der Waals surface area contributed by atoms with Crippen molar-refractivity contribution in [3.05, 3.63) is 95.6 Å². The summed E-state index contributed by atoms with van der Waals surface area (Å²) in [5, 5.41) is 14.3. The van der Waals surface area contributed by atoms with E-state index in [0.29, 0.717) is 30.9 Å². The highest BCUT2D eigenvalue weighted by molar-refractivity contribution is 5.90. The summed E-state index contributed by atoms with van der Waals surface area (Å²) in [7, 11) is 1.64. The van der Waals surface area contributed by atoms with Gasteiger partial charge in [0.2, 0.25) is 5.91 Å². The maximum absolute atomic E-state index is 15.1. The van der Waals surface area contributed by atoms with Crippen molar-refractivity contribution in [2.75, 3.05) is 25.1 Å². The van der Waals surface area contributed by atoms with Crippen LogP contribution in [0.3, 0.4) is 0 Å². The predicted molar refractivity (Wildman–Crippen MR) is 158 cm³/mol. The van der Waals surface area contributed by atoms with E-state index in [1.807, 2.05) is 53.2 Å². The number of anilines is 1. The lowest BCUT2D eigenvalue weighted by molar-refractivity contribution is -0.119. The molecule has 1 fully saturated rings. The first kappa shape index (κ1) is 30.5. The van der Waals surface area contributed by atoms with E-state index in [4.69, 9.17) is 9.47 Å². The molecule has 1 aliphatic heterocycles. The summed E-state index contributed by atoms with van der Waals surface area (Å²) >= 11 is 0. The molecule has 0 spiro atoms. The Morgan fingerprint density at radius 1 is 1.07 bits per heavy atom. The summed E-state index contributed by atoms with van der Waals surface area (Å²) in [6, 6.07) is 20.2. The Morgan fingerprint density at radius 2 is 1.81 bits per heavy atom. The van der Waals surface area contributed by atoms with E-state index in [1.54, 1.807) is 25.4 Å². The van der Waals surface area contributed by atoms with Crippen LogP contribution < -0.4 is 20.3 Å². The van der Waals surface area contributed by atoms with E-state index in [0.717, 1.165) is 28.1 Å². The molecule has 5 rings (SSSR count). The maximum atomic E-state index is 15.1. The van der Waals surface area contributed by atoms with Crippen LogP contribution in [0.25, 0.3) is 11.1 Å². The van der Waals surface area contributed by atoms with Crippen LogP contribution >= 0.6 is 12.4 Å². The Morgan fingerprint density at radius 3 is 2.50 bits per heavy atom. The second kappa shape index (κ2) is 13.9. The third-order valence-corrected chi connectivity index (χ3v) is 6.81. The van der Waals surface area contributed by atoms with Crippen molar-refractivity contribution in [2.45, 2.75) is 32.7 Å². The largest absolute Gasteiger partial charge is 0.497 e. The fraction of sp³-hybridized carbons (Fsp3) is 0.267. The number of carbonyl (C=O) groups excluding carboxylic acids is 2. The molecule has 0 bridgehead atoms. The van der Waals surface area contributed by atoms with Gasteiger partial charge in [0.1, 0.15) is 17.7 Å². The molecule has 0 aliphatic carbocycles. The molecule has 1 aromatic heterocycles. The van der Waals surface area contributed by atoms with E-state index in [2.05, 4.69) is 20.9 Å². The Kier molecular flexibility index (Phi) is 10.1. The van der Waals surface area contributed by atoms with Gasteiger partial charge in [0.25, 0.3) is 0 Å². The van der Waals surface area contributed by atoms with Crippen LogP contribution in [0.4, 0.5) is 14.9 Å². The summed E-state index contributed by atoms with van der Waals surface area (Å²) in [6.45, 7) is 3.65. The molecule has 2 heterocycles. The maximum Gasteiger partial charge on any atom is 0.414 e. The van der Waals surface area contributed by atoms with Crippen molar-refractivity contribution in [3.63, 3.8) is 0 Å². The minimum atomic E-state index is -0.566. The minimum absolute atomic E-state index is 0. The van der Waals surface area contributed by atoms with Gasteiger partial charge >= 0.3 is 6.09 Å². The Balaban J connectivity index is 0.00000405. The monoisotopic (exact) mass is 594 g/mol. The molecule has 2 N–H and O–H groups in total. The quantitative estimate of drug-likeness (QED) is 0.266. The van der Waals surface area contributed by atoms with Crippen molar-refractivity contribution in [3.8, 4) is 16.9 Å². The number of cyclic esters (lactones) is 1. The van der Waals surface area contributed by atoms with E-state index in [1.165, 1.54) is 17.9 Å². The molecule has 12 heteroatoms. The molecule has 42 heavy (non-hydrogen) atoms. The van der Waals surface area contributed by atoms with E-state index in [9.17, 15) is 9.59 Å². The Hall–Kier alpha value is -4.48. The highest BCUT2D eigenvalue weighted by Gasteiger charge is 2.32. The molecule has 2 amide bonds. The molecule has 3 aromatic carbocycles. The minimum Gasteiger partial charge on any atom is -0.497 e. The highest BCUT2D eigenvalue weighted by Crippen LogP contribution is 2.29. The SMILES string of the molecule is COc1ccc(Cn2nncc2CNCc2ccc(-c3ccc(N4C[C@H](CNC(C)=O)OC4=O)cc3F)cc2)cc1.Cl. The van der Waals surface area contributed by atoms with Crippen LogP contribution in [-0.4, -0.2) is 53.3 Å². The first-order chi connectivity index (χ1) is 19.9. The van der Waals surface area contributed by atoms with Gasteiger partial charge in [0.15, 0.2) is 0 Å². The number of ether oxygens (including phenoxy) is 2. The molecule has 1 atom stereocenters. The van der Waals surface area contributed by atoms with Gasteiger partial charge in [-0.05, 0) is 47.0 Å². The molecule has 0 saturated carbocycles. The zero-order valence-corrected chi connectivity index (χ0v) is 24.1. The first-order valence-electron chi connectivity index (χ1n) is 13.2. The summed E-state index contributed by atoms with van der Waals surface area (Å²) in [4.78, 5) is 24.8. The average Bonchev–Trinajstić information content (AvgIpc) is 3.58. The van der Waals surface area contributed by atoms with Crippen LogP contribution in [0, 0.1) is 5.82 Å².